The molecule has 27 heavy (non-hydrogen) atoms. The Hall–Kier alpha value is -2.41. The van der Waals surface area contributed by atoms with Gasteiger partial charge in [0.2, 0.25) is 0 Å². The minimum atomic E-state index is -0.601. The molecule has 0 radical (unpaired) electrons. The van der Waals surface area contributed by atoms with E-state index in [1.54, 1.807) is 6.20 Å². The van der Waals surface area contributed by atoms with Crippen molar-refractivity contribution in [3.05, 3.63) is 53.7 Å². The molecule has 1 aliphatic carbocycles. The van der Waals surface area contributed by atoms with E-state index in [1.807, 2.05) is 35.0 Å². The summed E-state index contributed by atoms with van der Waals surface area (Å²) in [4.78, 5) is 12.8. The Morgan fingerprint density at radius 2 is 2.15 bits per heavy atom. The molecule has 138 valence electrons. The van der Waals surface area contributed by atoms with E-state index < -0.39 is 5.54 Å². The fourth-order valence-electron chi connectivity index (χ4n) is 4.30. The predicted molar refractivity (Wildman–Crippen MR) is 108 cm³/mol. The van der Waals surface area contributed by atoms with E-state index in [1.165, 1.54) is 0 Å². The molecule has 1 aromatic carbocycles. The topological polar surface area (TPSA) is 98.0 Å². The lowest BCUT2D eigenvalue weighted by Crippen LogP contribution is -2.46. The van der Waals surface area contributed by atoms with Gasteiger partial charge in [0.25, 0.3) is 0 Å². The maximum absolute atomic E-state index is 6.83. The van der Waals surface area contributed by atoms with Crippen LogP contribution in [0.15, 0.2) is 42.9 Å². The number of imidazole rings is 1. The molecular weight excluding hydrogens is 360 g/mol. The zero-order valence-electron chi connectivity index (χ0n) is 14.8. The number of hydrogen-bond acceptors (Lipinski definition) is 4. The van der Waals surface area contributed by atoms with Gasteiger partial charge in [-0.25, -0.2) is 9.97 Å². The number of nitrogens with zero attached hydrogens (tertiary/aromatic N) is 3. The van der Waals surface area contributed by atoms with Gasteiger partial charge in [-0.15, -0.1) is 0 Å². The summed E-state index contributed by atoms with van der Waals surface area (Å²) in [6, 6.07) is 8.18. The van der Waals surface area contributed by atoms with Crippen molar-refractivity contribution in [2.24, 2.45) is 11.5 Å². The maximum atomic E-state index is 6.83. The van der Waals surface area contributed by atoms with E-state index in [-0.39, 0.29) is 6.04 Å². The van der Waals surface area contributed by atoms with Crippen molar-refractivity contribution < 1.29 is 0 Å². The van der Waals surface area contributed by atoms with Gasteiger partial charge in [-0.3, -0.25) is 4.40 Å². The Bertz CT molecular complexity index is 1150. The molecule has 0 aliphatic heterocycles. The van der Waals surface area contributed by atoms with Crippen LogP contribution in [0.1, 0.15) is 31.4 Å². The van der Waals surface area contributed by atoms with Crippen LogP contribution < -0.4 is 11.5 Å². The zero-order chi connectivity index (χ0) is 18.6. The number of nitrogens with one attached hydrogen (secondary N) is 1. The molecule has 0 spiro atoms. The monoisotopic (exact) mass is 380 g/mol. The highest BCUT2D eigenvalue weighted by Gasteiger charge is 2.37. The third-order valence-corrected chi connectivity index (χ3v) is 5.98. The lowest BCUT2D eigenvalue weighted by Gasteiger charge is -2.36. The van der Waals surface area contributed by atoms with Crippen molar-refractivity contribution in [3.8, 4) is 11.3 Å². The Kier molecular flexibility index (Phi) is 3.75. The normalized spacial score (nSPS) is 23.3. The molecule has 0 amide bonds. The zero-order valence-corrected chi connectivity index (χ0v) is 15.6. The van der Waals surface area contributed by atoms with Gasteiger partial charge in [0.1, 0.15) is 16.5 Å². The SMILES string of the molecule is NC1CCCC(N)(c2nc(-c3c[nH]c4ccccc34)c(Cl)n3ccnc23)C1. The van der Waals surface area contributed by atoms with Crippen LogP contribution in [0, 0.1) is 0 Å². The van der Waals surface area contributed by atoms with Crippen molar-refractivity contribution in [2.45, 2.75) is 37.3 Å². The molecule has 7 heteroatoms. The molecule has 3 heterocycles. The molecule has 5 rings (SSSR count). The molecule has 6 nitrogen and oxygen atoms in total. The van der Waals surface area contributed by atoms with E-state index in [0.29, 0.717) is 22.9 Å². The first kappa shape index (κ1) is 16.7. The molecule has 0 saturated heterocycles. The summed E-state index contributed by atoms with van der Waals surface area (Å²) in [5, 5.41) is 1.60. The summed E-state index contributed by atoms with van der Waals surface area (Å²) in [6.45, 7) is 0. The van der Waals surface area contributed by atoms with E-state index in [4.69, 9.17) is 28.1 Å². The molecule has 2 unspecified atom stereocenters. The van der Waals surface area contributed by atoms with Crippen molar-refractivity contribution in [2.75, 3.05) is 0 Å². The summed E-state index contributed by atoms with van der Waals surface area (Å²) in [5.74, 6) is 0. The second-order valence-electron chi connectivity index (χ2n) is 7.48. The number of nitrogens with two attached hydrogens (primary N) is 2. The molecule has 3 aromatic heterocycles. The van der Waals surface area contributed by atoms with Crippen molar-refractivity contribution in [3.63, 3.8) is 0 Å². The van der Waals surface area contributed by atoms with E-state index >= 15 is 0 Å². The van der Waals surface area contributed by atoms with Crippen LogP contribution in [0.4, 0.5) is 0 Å². The first-order chi connectivity index (χ1) is 13.1. The van der Waals surface area contributed by atoms with Gasteiger partial charge in [0, 0.05) is 41.1 Å². The summed E-state index contributed by atoms with van der Waals surface area (Å²) < 4.78 is 1.87. The second-order valence-corrected chi connectivity index (χ2v) is 7.84. The van der Waals surface area contributed by atoms with Gasteiger partial charge in [-0.2, -0.15) is 0 Å². The second kappa shape index (κ2) is 6.05. The quantitative estimate of drug-likeness (QED) is 0.495. The highest BCUT2D eigenvalue weighted by molar-refractivity contribution is 6.32. The van der Waals surface area contributed by atoms with Crippen LogP contribution in [0.2, 0.25) is 5.15 Å². The minimum Gasteiger partial charge on any atom is -0.360 e. The summed E-state index contributed by atoms with van der Waals surface area (Å²) in [6.07, 6.45) is 9.04. The first-order valence-electron chi connectivity index (χ1n) is 9.21. The highest BCUT2D eigenvalue weighted by Crippen LogP contribution is 2.39. The average molecular weight is 381 g/mol. The van der Waals surface area contributed by atoms with Crippen LogP contribution in [0.25, 0.3) is 27.8 Å². The van der Waals surface area contributed by atoms with Crippen LogP contribution in [0.5, 0.6) is 0 Å². The van der Waals surface area contributed by atoms with Gasteiger partial charge in [0.15, 0.2) is 5.65 Å². The standard InChI is InChI=1S/C20H21ClN6/c21-18-16(14-11-25-15-6-2-1-5-13(14)15)26-17(19-24-8-9-27(18)19)20(23)7-3-4-12(22)10-20/h1-2,5-6,8-9,11-12,25H,3-4,7,10,22-23H2. The summed E-state index contributed by atoms with van der Waals surface area (Å²) in [7, 11) is 0. The van der Waals surface area contributed by atoms with Crippen molar-refractivity contribution in [1.82, 2.24) is 19.4 Å². The predicted octanol–water partition coefficient (Wildman–Crippen LogP) is 3.59. The third kappa shape index (κ3) is 2.56. The largest absolute Gasteiger partial charge is 0.360 e. The number of halogens is 1. The molecule has 1 fully saturated rings. The fourth-order valence-corrected chi connectivity index (χ4v) is 4.58. The number of hydrogen-bond donors (Lipinski definition) is 3. The molecule has 1 aliphatic rings. The third-order valence-electron chi connectivity index (χ3n) is 5.62. The minimum absolute atomic E-state index is 0.0766. The molecular formula is C20H21ClN6. The van der Waals surface area contributed by atoms with Crippen molar-refractivity contribution in [1.29, 1.82) is 0 Å². The van der Waals surface area contributed by atoms with Gasteiger partial charge in [0.05, 0.1) is 5.54 Å². The molecule has 2 atom stereocenters. The number of aromatic amines is 1. The maximum Gasteiger partial charge on any atom is 0.161 e. The van der Waals surface area contributed by atoms with Crippen LogP contribution in [-0.4, -0.2) is 25.4 Å². The molecule has 0 bridgehead atoms. The fraction of sp³-hybridized carbons (Fsp3) is 0.300. The van der Waals surface area contributed by atoms with E-state index in [2.05, 4.69) is 16.0 Å². The van der Waals surface area contributed by atoms with Crippen molar-refractivity contribution >= 4 is 28.2 Å². The molecule has 4 aromatic rings. The van der Waals surface area contributed by atoms with Gasteiger partial charge < -0.3 is 16.5 Å². The number of aromatic nitrogens is 4. The first-order valence-corrected chi connectivity index (χ1v) is 9.59. The Balaban J connectivity index is 1.78. The summed E-state index contributed by atoms with van der Waals surface area (Å²) >= 11 is 6.74. The highest BCUT2D eigenvalue weighted by atomic mass is 35.5. The number of fused-ring (bicyclic) bond motifs is 2. The van der Waals surface area contributed by atoms with E-state index in [0.717, 1.165) is 41.4 Å². The van der Waals surface area contributed by atoms with Crippen LogP contribution in [0.3, 0.4) is 0 Å². The average Bonchev–Trinajstić information content (AvgIpc) is 3.29. The Labute approximate surface area is 161 Å². The number of rotatable bonds is 2. The van der Waals surface area contributed by atoms with Gasteiger partial charge in [-0.1, -0.05) is 29.8 Å². The lowest BCUT2D eigenvalue weighted by molar-refractivity contribution is 0.268. The Morgan fingerprint density at radius 3 is 3.00 bits per heavy atom. The molecule has 1 saturated carbocycles. The number of para-hydroxylation sites is 1. The Morgan fingerprint density at radius 1 is 1.30 bits per heavy atom. The van der Waals surface area contributed by atoms with E-state index in [9.17, 15) is 0 Å². The van der Waals surface area contributed by atoms with Crippen LogP contribution in [-0.2, 0) is 5.54 Å². The van der Waals surface area contributed by atoms with Crippen LogP contribution >= 0.6 is 11.6 Å². The lowest BCUT2D eigenvalue weighted by atomic mass is 9.77. The smallest absolute Gasteiger partial charge is 0.161 e. The summed E-state index contributed by atoms with van der Waals surface area (Å²) in [5.41, 5.74) is 16.7. The number of benzene rings is 1. The van der Waals surface area contributed by atoms with Gasteiger partial charge in [-0.05, 0) is 31.7 Å². The number of H-pyrrole nitrogens is 1. The van der Waals surface area contributed by atoms with Gasteiger partial charge >= 0.3 is 0 Å². The molecule has 5 N–H and O–H groups in total.